The van der Waals surface area contributed by atoms with Gasteiger partial charge in [-0.25, -0.2) is 4.98 Å². The lowest BCUT2D eigenvalue weighted by Crippen LogP contribution is -2.30. The van der Waals surface area contributed by atoms with E-state index in [9.17, 15) is 4.79 Å². The van der Waals surface area contributed by atoms with Crippen LogP contribution in [0.15, 0.2) is 12.1 Å². The number of amides is 1. The fourth-order valence-corrected chi connectivity index (χ4v) is 1.75. The van der Waals surface area contributed by atoms with Crippen molar-refractivity contribution in [2.45, 2.75) is 26.9 Å². The summed E-state index contributed by atoms with van der Waals surface area (Å²) in [5, 5.41) is 0.338. The van der Waals surface area contributed by atoms with Crippen LogP contribution in [0, 0.1) is 6.92 Å². The van der Waals surface area contributed by atoms with E-state index >= 15 is 0 Å². The summed E-state index contributed by atoms with van der Waals surface area (Å²) < 4.78 is 5.41. The molecule has 0 fully saturated rings. The summed E-state index contributed by atoms with van der Waals surface area (Å²) >= 11 is 5.84. The Morgan fingerprint density at radius 1 is 1.50 bits per heavy atom. The standard InChI is InChI=1S/C13H19ClN2O2/c1-9(2)18-6-5-16(4)13(17)11-7-10(3)15-12(14)8-11/h7-9H,5-6H2,1-4H3. The highest BCUT2D eigenvalue weighted by Crippen LogP contribution is 2.12. The van der Waals surface area contributed by atoms with Gasteiger partial charge in [0.1, 0.15) is 5.15 Å². The minimum absolute atomic E-state index is 0.0743. The number of nitrogens with zero attached hydrogens (tertiary/aromatic N) is 2. The van der Waals surface area contributed by atoms with Gasteiger partial charge in [-0.2, -0.15) is 0 Å². The summed E-state index contributed by atoms with van der Waals surface area (Å²) in [6.07, 6.45) is 0.172. The van der Waals surface area contributed by atoms with Crippen LogP contribution >= 0.6 is 11.6 Å². The molecule has 0 atom stereocenters. The molecular formula is C13H19ClN2O2. The second-order valence-corrected chi connectivity index (χ2v) is 4.85. The molecule has 4 nitrogen and oxygen atoms in total. The molecule has 0 aromatic carbocycles. The number of pyridine rings is 1. The Morgan fingerprint density at radius 3 is 2.72 bits per heavy atom. The van der Waals surface area contributed by atoms with Gasteiger partial charge in [0, 0.05) is 24.8 Å². The third-order valence-electron chi connectivity index (χ3n) is 2.39. The van der Waals surface area contributed by atoms with Crippen molar-refractivity contribution in [3.05, 3.63) is 28.5 Å². The van der Waals surface area contributed by atoms with Crippen molar-refractivity contribution in [1.29, 1.82) is 0 Å². The van der Waals surface area contributed by atoms with Crippen molar-refractivity contribution in [1.82, 2.24) is 9.88 Å². The second kappa shape index (κ2) is 6.71. The van der Waals surface area contributed by atoms with Crippen molar-refractivity contribution in [3.63, 3.8) is 0 Å². The molecule has 0 bridgehead atoms. The zero-order valence-corrected chi connectivity index (χ0v) is 12.0. The Balaban J connectivity index is 2.62. The maximum absolute atomic E-state index is 12.1. The normalized spacial score (nSPS) is 10.8. The van der Waals surface area contributed by atoms with E-state index in [1.807, 2.05) is 20.8 Å². The molecule has 0 N–H and O–H groups in total. The Hall–Kier alpha value is -1.13. The summed E-state index contributed by atoms with van der Waals surface area (Å²) in [5.41, 5.74) is 1.29. The van der Waals surface area contributed by atoms with Gasteiger partial charge in [0.2, 0.25) is 0 Å². The molecule has 1 aromatic rings. The van der Waals surface area contributed by atoms with E-state index < -0.39 is 0 Å². The van der Waals surface area contributed by atoms with Crippen LogP contribution in [-0.2, 0) is 4.74 Å². The molecule has 0 aliphatic rings. The van der Waals surface area contributed by atoms with Crippen molar-refractivity contribution in [2.75, 3.05) is 20.2 Å². The van der Waals surface area contributed by atoms with Gasteiger partial charge in [-0.15, -0.1) is 0 Å². The lowest BCUT2D eigenvalue weighted by atomic mass is 10.2. The van der Waals surface area contributed by atoms with Gasteiger partial charge in [-0.05, 0) is 32.9 Å². The van der Waals surface area contributed by atoms with Gasteiger partial charge in [-0.1, -0.05) is 11.6 Å². The molecule has 5 heteroatoms. The Bertz CT molecular complexity index is 401. The first-order valence-electron chi connectivity index (χ1n) is 5.91. The summed E-state index contributed by atoms with van der Waals surface area (Å²) in [6, 6.07) is 3.31. The average Bonchev–Trinajstić information content (AvgIpc) is 2.26. The molecular weight excluding hydrogens is 252 g/mol. The second-order valence-electron chi connectivity index (χ2n) is 4.47. The molecule has 1 heterocycles. The maximum Gasteiger partial charge on any atom is 0.253 e. The van der Waals surface area contributed by atoms with Crippen LogP contribution < -0.4 is 0 Å². The first kappa shape index (κ1) is 14.9. The smallest absolute Gasteiger partial charge is 0.253 e. The van der Waals surface area contributed by atoms with Crippen LogP contribution in [0.25, 0.3) is 0 Å². The van der Waals surface area contributed by atoms with Crippen LogP contribution in [0.1, 0.15) is 29.9 Å². The molecule has 0 spiro atoms. The van der Waals surface area contributed by atoms with Crippen LogP contribution in [0.5, 0.6) is 0 Å². The molecule has 0 aliphatic heterocycles. The fraction of sp³-hybridized carbons (Fsp3) is 0.538. The topological polar surface area (TPSA) is 42.4 Å². The number of aryl methyl sites for hydroxylation is 1. The fourth-order valence-electron chi connectivity index (χ4n) is 1.50. The SMILES string of the molecule is Cc1cc(C(=O)N(C)CCOC(C)C)cc(Cl)n1. The third kappa shape index (κ3) is 4.63. The highest BCUT2D eigenvalue weighted by Gasteiger charge is 2.13. The number of ether oxygens (including phenoxy) is 1. The molecule has 0 saturated heterocycles. The largest absolute Gasteiger partial charge is 0.377 e. The number of halogens is 1. The molecule has 0 aliphatic carbocycles. The summed E-state index contributed by atoms with van der Waals surface area (Å²) in [6.45, 7) is 6.82. The molecule has 18 heavy (non-hydrogen) atoms. The van der Waals surface area contributed by atoms with Crippen molar-refractivity contribution >= 4 is 17.5 Å². The molecule has 1 rings (SSSR count). The molecule has 0 unspecified atom stereocenters. The summed E-state index contributed by atoms with van der Waals surface area (Å²) in [7, 11) is 1.75. The van der Waals surface area contributed by atoms with E-state index in [-0.39, 0.29) is 12.0 Å². The number of aromatic nitrogens is 1. The first-order chi connectivity index (χ1) is 8.40. The maximum atomic E-state index is 12.1. The van der Waals surface area contributed by atoms with Crippen LogP contribution in [0.4, 0.5) is 0 Å². The third-order valence-corrected chi connectivity index (χ3v) is 2.59. The average molecular weight is 271 g/mol. The highest BCUT2D eigenvalue weighted by atomic mass is 35.5. The zero-order chi connectivity index (χ0) is 13.7. The molecule has 1 amide bonds. The molecule has 0 saturated carbocycles. The number of carbonyl (C=O) groups excluding carboxylic acids is 1. The van der Waals surface area contributed by atoms with E-state index in [4.69, 9.17) is 16.3 Å². The zero-order valence-electron chi connectivity index (χ0n) is 11.2. The van der Waals surface area contributed by atoms with Crippen molar-refractivity contribution in [2.24, 2.45) is 0 Å². The Labute approximate surface area is 113 Å². The predicted octanol–water partition coefficient (Wildman–Crippen LogP) is 2.54. The van der Waals surface area contributed by atoms with Crippen molar-refractivity contribution < 1.29 is 9.53 Å². The first-order valence-corrected chi connectivity index (χ1v) is 6.29. The summed E-state index contributed by atoms with van der Waals surface area (Å²) in [5.74, 6) is -0.0743. The molecule has 100 valence electrons. The van der Waals surface area contributed by atoms with E-state index in [0.29, 0.717) is 23.9 Å². The van der Waals surface area contributed by atoms with Gasteiger partial charge in [0.05, 0.1) is 12.7 Å². The van der Waals surface area contributed by atoms with Gasteiger partial charge in [0.25, 0.3) is 5.91 Å². The van der Waals surface area contributed by atoms with Gasteiger partial charge < -0.3 is 9.64 Å². The number of carbonyl (C=O) groups is 1. The monoisotopic (exact) mass is 270 g/mol. The van der Waals surface area contributed by atoms with Gasteiger partial charge >= 0.3 is 0 Å². The number of rotatable bonds is 5. The minimum Gasteiger partial charge on any atom is -0.377 e. The van der Waals surface area contributed by atoms with Gasteiger partial charge in [-0.3, -0.25) is 4.79 Å². The van der Waals surface area contributed by atoms with E-state index in [1.54, 1.807) is 24.1 Å². The Kier molecular flexibility index (Phi) is 5.56. The summed E-state index contributed by atoms with van der Waals surface area (Å²) in [4.78, 5) is 17.8. The lowest BCUT2D eigenvalue weighted by molar-refractivity contribution is 0.0532. The number of hydrogen-bond acceptors (Lipinski definition) is 3. The minimum atomic E-state index is -0.0743. The van der Waals surface area contributed by atoms with E-state index in [1.165, 1.54) is 0 Å². The van der Waals surface area contributed by atoms with Gasteiger partial charge in [0.15, 0.2) is 0 Å². The van der Waals surface area contributed by atoms with Crippen LogP contribution in [-0.4, -0.2) is 42.1 Å². The number of likely N-dealkylation sites (N-methyl/N-ethyl adjacent to an activating group) is 1. The quantitative estimate of drug-likeness (QED) is 0.772. The van der Waals surface area contributed by atoms with Crippen LogP contribution in [0.3, 0.4) is 0 Å². The van der Waals surface area contributed by atoms with E-state index in [2.05, 4.69) is 4.98 Å². The number of hydrogen-bond donors (Lipinski definition) is 0. The Morgan fingerprint density at radius 2 is 2.17 bits per heavy atom. The van der Waals surface area contributed by atoms with Crippen LogP contribution in [0.2, 0.25) is 5.15 Å². The molecule has 1 aromatic heterocycles. The highest BCUT2D eigenvalue weighted by molar-refractivity contribution is 6.29. The predicted molar refractivity (Wildman–Crippen MR) is 72.0 cm³/mol. The lowest BCUT2D eigenvalue weighted by Gasteiger charge is -2.18. The molecule has 0 radical (unpaired) electrons. The van der Waals surface area contributed by atoms with E-state index in [0.717, 1.165) is 5.69 Å². The van der Waals surface area contributed by atoms with Crippen molar-refractivity contribution in [3.8, 4) is 0 Å².